The molecule has 0 atom stereocenters. The summed E-state index contributed by atoms with van der Waals surface area (Å²) in [7, 11) is 0. The molecule has 0 aliphatic heterocycles. The van der Waals surface area contributed by atoms with Gasteiger partial charge in [-0.25, -0.2) is 0 Å². The highest BCUT2D eigenvalue weighted by Crippen LogP contribution is 2.44. The lowest BCUT2D eigenvalue weighted by Crippen LogP contribution is -2.10. The predicted molar refractivity (Wildman–Crippen MR) is 187 cm³/mol. The summed E-state index contributed by atoms with van der Waals surface area (Å²) in [6.07, 6.45) is 0. The van der Waals surface area contributed by atoms with Crippen molar-refractivity contribution in [2.75, 3.05) is 4.90 Å². The van der Waals surface area contributed by atoms with Crippen molar-refractivity contribution in [3.05, 3.63) is 164 Å². The van der Waals surface area contributed by atoms with Gasteiger partial charge in [0.05, 0.1) is 26.2 Å². The SMILES string of the molecule is [2H]c1c([2H])c(N(c2ccc(-c3ccccc3)cc2)c2cccc3oc4ccccc4c23)c([2H])c([2H])c1-c1c([2H])c([2H])c([2H])c2c1oc1c([2H])c([2H])c([2H])c([2H])c12. The van der Waals surface area contributed by atoms with Crippen molar-refractivity contribution in [3.8, 4) is 22.3 Å². The molecule has 0 aliphatic rings. The summed E-state index contributed by atoms with van der Waals surface area (Å²) in [4.78, 5) is 1.65. The molecule has 0 radical (unpaired) electrons. The maximum absolute atomic E-state index is 9.53. The molecule has 0 saturated heterocycles. The van der Waals surface area contributed by atoms with E-state index in [1.807, 2.05) is 91.0 Å². The summed E-state index contributed by atoms with van der Waals surface area (Å²) in [6, 6.07) is 24.0. The van der Waals surface area contributed by atoms with Crippen molar-refractivity contribution in [3.63, 3.8) is 0 Å². The van der Waals surface area contributed by atoms with Gasteiger partial charge in [-0.3, -0.25) is 0 Å². The third kappa shape index (κ3) is 4.21. The van der Waals surface area contributed by atoms with Gasteiger partial charge in [0.2, 0.25) is 0 Å². The van der Waals surface area contributed by atoms with Crippen molar-refractivity contribution in [2.24, 2.45) is 0 Å². The first kappa shape index (κ1) is 16.7. The van der Waals surface area contributed by atoms with Gasteiger partial charge in [-0.15, -0.1) is 0 Å². The quantitative estimate of drug-likeness (QED) is 0.200. The zero-order chi connectivity index (χ0) is 39.3. The molecule has 0 aliphatic carbocycles. The number of anilines is 3. The fourth-order valence-corrected chi connectivity index (χ4v) is 5.81. The largest absolute Gasteiger partial charge is 0.456 e. The first-order valence-electron chi connectivity index (χ1n) is 19.8. The van der Waals surface area contributed by atoms with Crippen LogP contribution in [0.1, 0.15) is 15.1 Å². The first-order chi connectivity index (χ1) is 26.9. The molecule has 9 aromatic rings. The van der Waals surface area contributed by atoms with Crippen LogP contribution in [-0.4, -0.2) is 0 Å². The molecule has 3 nitrogen and oxygen atoms in total. The molecule has 0 bridgehead atoms. The summed E-state index contributed by atoms with van der Waals surface area (Å²) in [6.45, 7) is 0. The minimum absolute atomic E-state index is 0.107. The Kier molecular flexibility index (Phi) is 3.82. The molecule has 0 saturated carbocycles. The Bertz CT molecular complexity index is 3070. The van der Waals surface area contributed by atoms with Crippen LogP contribution in [0.2, 0.25) is 0 Å². The monoisotopic (exact) mass is 588 g/mol. The van der Waals surface area contributed by atoms with E-state index in [1.54, 1.807) is 11.0 Å². The van der Waals surface area contributed by atoms with Gasteiger partial charge in [0.15, 0.2) is 0 Å². The topological polar surface area (TPSA) is 29.5 Å². The number of para-hydroxylation sites is 3. The van der Waals surface area contributed by atoms with Crippen LogP contribution in [0.5, 0.6) is 0 Å². The Balaban J connectivity index is 1.35. The average molecular weight is 589 g/mol. The fourth-order valence-electron chi connectivity index (χ4n) is 5.81. The minimum atomic E-state index is -0.637. The highest BCUT2D eigenvalue weighted by atomic mass is 16.3. The standard InChI is InChI=1S/C42H27NO2/c1-2-10-28(11-3-1)29-20-24-31(25-21-29)43(37-16-9-19-40-41(37)36-13-5-7-18-39(36)44-40)32-26-22-30(23-27-32)33-14-8-15-35-34-12-4-6-17-38(34)45-42(33)35/h1-27H/i4D,6D,8D,12D,14D,15D,17D,22D,23D,26D,27D. The van der Waals surface area contributed by atoms with Crippen molar-refractivity contribution in [1.82, 2.24) is 0 Å². The number of furan rings is 2. The van der Waals surface area contributed by atoms with Crippen molar-refractivity contribution < 1.29 is 23.9 Å². The maximum atomic E-state index is 9.53. The van der Waals surface area contributed by atoms with Crippen LogP contribution < -0.4 is 4.90 Å². The fraction of sp³-hybridized carbons (Fsp3) is 0. The molecule has 2 heterocycles. The van der Waals surface area contributed by atoms with Crippen molar-refractivity contribution in [1.29, 1.82) is 0 Å². The van der Waals surface area contributed by atoms with Gasteiger partial charge in [-0.05, 0) is 65.1 Å². The van der Waals surface area contributed by atoms with Gasteiger partial charge >= 0.3 is 0 Å². The van der Waals surface area contributed by atoms with Crippen LogP contribution in [-0.2, 0) is 0 Å². The highest BCUT2D eigenvalue weighted by molar-refractivity contribution is 6.13. The number of benzene rings is 7. The van der Waals surface area contributed by atoms with Crippen LogP contribution in [0.25, 0.3) is 66.1 Å². The molecule has 2 aromatic heterocycles. The summed E-state index contributed by atoms with van der Waals surface area (Å²) in [5.74, 6) is 0. The molecule has 0 amide bonds. The van der Waals surface area contributed by atoms with Gasteiger partial charge in [0, 0.05) is 33.1 Å². The average Bonchev–Trinajstić information content (AvgIpc) is 3.81. The van der Waals surface area contributed by atoms with Gasteiger partial charge in [0.1, 0.15) is 22.3 Å². The second kappa shape index (κ2) is 10.3. The second-order valence-electron chi connectivity index (χ2n) is 10.5. The predicted octanol–water partition coefficient (Wildman–Crippen LogP) is 12.3. The molecular formula is C42H27NO2. The Morgan fingerprint density at radius 2 is 1.18 bits per heavy atom. The second-order valence-corrected chi connectivity index (χ2v) is 10.5. The van der Waals surface area contributed by atoms with Gasteiger partial charge < -0.3 is 13.7 Å². The summed E-state index contributed by atoms with van der Waals surface area (Å²) in [5, 5.41) is 1.08. The maximum Gasteiger partial charge on any atom is 0.143 e. The number of rotatable bonds is 5. The summed E-state index contributed by atoms with van der Waals surface area (Å²) >= 11 is 0. The van der Waals surface area contributed by atoms with E-state index in [2.05, 4.69) is 0 Å². The van der Waals surface area contributed by atoms with E-state index >= 15 is 0 Å². The molecule has 3 heteroatoms. The van der Waals surface area contributed by atoms with E-state index in [-0.39, 0.29) is 38.8 Å². The minimum Gasteiger partial charge on any atom is -0.456 e. The molecule has 0 spiro atoms. The van der Waals surface area contributed by atoms with Crippen molar-refractivity contribution in [2.45, 2.75) is 0 Å². The highest BCUT2D eigenvalue weighted by Gasteiger charge is 2.20. The lowest BCUT2D eigenvalue weighted by Gasteiger charge is -2.26. The molecule has 45 heavy (non-hydrogen) atoms. The van der Waals surface area contributed by atoms with Gasteiger partial charge in [0.25, 0.3) is 0 Å². The lowest BCUT2D eigenvalue weighted by atomic mass is 10.0. The molecule has 7 aromatic carbocycles. The number of fused-ring (bicyclic) bond motifs is 6. The molecular weight excluding hydrogens is 550 g/mol. The Morgan fingerprint density at radius 3 is 2.04 bits per heavy atom. The van der Waals surface area contributed by atoms with Crippen LogP contribution >= 0.6 is 0 Å². The van der Waals surface area contributed by atoms with Crippen LogP contribution in [0, 0.1) is 0 Å². The molecule has 0 N–H and O–H groups in total. The third-order valence-electron chi connectivity index (χ3n) is 7.88. The van der Waals surface area contributed by atoms with E-state index in [0.717, 1.165) is 16.5 Å². The van der Waals surface area contributed by atoms with Crippen LogP contribution in [0.4, 0.5) is 17.1 Å². The number of hydrogen-bond acceptors (Lipinski definition) is 3. The Labute approximate surface area is 275 Å². The Morgan fingerprint density at radius 1 is 0.444 bits per heavy atom. The third-order valence-corrected chi connectivity index (χ3v) is 7.88. The number of nitrogens with zero attached hydrogens (tertiary/aromatic N) is 1. The van der Waals surface area contributed by atoms with Crippen LogP contribution in [0.15, 0.2) is 172 Å². The van der Waals surface area contributed by atoms with E-state index in [9.17, 15) is 5.48 Å². The van der Waals surface area contributed by atoms with E-state index < -0.39 is 66.5 Å². The number of hydrogen-bond donors (Lipinski definition) is 0. The molecule has 212 valence electrons. The summed E-state index contributed by atoms with van der Waals surface area (Å²) < 4.78 is 110. The van der Waals surface area contributed by atoms with E-state index in [4.69, 9.17) is 18.4 Å². The lowest BCUT2D eigenvalue weighted by molar-refractivity contribution is 0.669. The van der Waals surface area contributed by atoms with Crippen LogP contribution in [0.3, 0.4) is 0 Å². The first-order valence-corrected chi connectivity index (χ1v) is 14.3. The van der Waals surface area contributed by atoms with E-state index in [1.165, 1.54) is 0 Å². The van der Waals surface area contributed by atoms with Gasteiger partial charge in [-0.1, -0.05) is 115 Å². The van der Waals surface area contributed by atoms with E-state index in [0.29, 0.717) is 27.9 Å². The molecule has 0 fully saturated rings. The molecule has 0 unspecified atom stereocenters. The zero-order valence-corrected chi connectivity index (χ0v) is 23.5. The summed E-state index contributed by atoms with van der Waals surface area (Å²) in [5.41, 5.74) is 2.64. The Hall–Kier alpha value is -6.06. The zero-order valence-electron chi connectivity index (χ0n) is 34.5. The van der Waals surface area contributed by atoms with Gasteiger partial charge in [-0.2, -0.15) is 0 Å². The normalized spacial score (nSPS) is 15.0. The van der Waals surface area contributed by atoms with Crippen molar-refractivity contribution >= 4 is 60.9 Å². The molecule has 9 rings (SSSR count). The smallest absolute Gasteiger partial charge is 0.143 e.